The molecule has 2 rings (SSSR count). The molecule has 0 fully saturated rings. The lowest BCUT2D eigenvalue weighted by molar-refractivity contribution is 0.0954. The molecular formula is C19H26O2. The highest BCUT2D eigenvalue weighted by Gasteiger charge is 2.11. The largest absolute Gasteiger partial charge is 0.453 e. The first kappa shape index (κ1) is 15.8. The molecule has 0 bridgehead atoms. The molecule has 0 aliphatic rings. The Hall–Kier alpha value is -1.57. The maximum absolute atomic E-state index is 12.1. The molecular weight excluding hydrogens is 260 g/mol. The highest BCUT2D eigenvalue weighted by Crippen LogP contribution is 2.20. The normalized spacial score (nSPS) is 11.1. The Morgan fingerprint density at radius 3 is 2.33 bits per heavy atom. The van der Waals surface area contributed by atoms with Crippen LogP contribution < -0.4 is 0 Å². The van der Waals surface area contributed by atoms with Crippen molar-refractivity contribution in [2.24, 2.45) is 0 Å². The van der Waals surface area contributed by atoms with Crippen molar-refractivity contribution in [2.45, 2.75) is 64.7 Å². The molecule has 0 radical (unpaired) electrons. The molecule has 21 heavy (non-hydrogen) atoms. The number of unbranched alkanes of at least 4 members (excludes halogenated alkanes) is 7. The molecule has 2 nitrogen and oxygen atoms in total. The maximum atomic E-state index is 12.1. The Morgan fingerprint density at radius 1 is 0.952 bits per heavy atom. The summed E-state index contributed by atoms with van der Waals surface area (Å²) in [5, 5.41) is 1.01. The third kappa shape index (κ3) is 5.04. The Kier molecular flexibility index (Phi) is 6.52. The van der Waals surface area contributed by atoms with E-state index in [4.69, 9.17) is 4.42 Å². The number of benzene rings is 1. The van der Waals surface area contributed by atoms with E-state index in [2.05, 4.69) is 6.92 Å². The monoisotopic (exact) mass is 286 g/mol. The van der Waals surface area contributed by atoms with Gasteiger partial charge in [0.15, 0.2) is 11.5 Å². The van der Waals surface area contributed by atoms with Crippen LogP contribution >= 0.6 is 0 Å². The lowest BCUT2D eigenvalue weighted by atomic mass is 10.1. The molecule has 1 aromatic carbocycles. The molecule has 0 atom stereocenters. The fourth-order valence-corrected chi connectivity index (χ4v) is 2.66. The number of rotatable bonds is 10. The molecule has 1 aromatic heterocycles. The number of carbonyl (C=O) groups excluding carboxylic acids is 1. The first-order valence-electron chi connectivity index (χ1n) is 8.33. The minimum atomic E-state index is 0.136. The van der Waals surface area contributed by atoms with Crippen molar-refractivity contribution >= 4 is 16.8 Å². The minimum Gasteiger partial charge on any atom is -0.453 e. The summed E-state index contributed by atoms with van der Waals surface area (Å²) in [7, 11) is 0. The zero-order chi connectivity index (χ0) is 14.9. The molecule has 114 valence electrons. The van der Waals surface area contributed by atoms with Crippen LogP contribution in [0.2, 0.25) is 0 Å². The topological polar surface area (TPSA) is 30.2 Å². The molecule has 2 heteroatoms. The van der Waals surface area contributed by atoms with E-state index in [-0.39, 0.29) is 5.78 Å². The van der Waals surface area contributed by atoms with E-state index in [1.165, 1.54) is 38.5 Å². The van der Waals surface area contributed by atoms with Crippen LogP contribution in [-0.4, -0.2) is 5.78 Å². The predicted octanol–water partition coefficient (Wildman–Crippen LogP) is 6.15. The van der Waals surface area contributed by atoms with Gasteiger partial charge in [0.1, 0.15) is 5.58 Å². The van der Waals surface area contributed by atoms with Gasteiger partial charge in [0.2, 0.25) is 0 Å². The van der Waals surface area contributed by atoms with Gasteiger partial charge in [-0.25, -0.2) is 0 Å². The van der Waals surface area contributed by atoms with Gasteiger partial charge in [-0.1, -0.05) is 70.1 Å². The summed E-state index contributed by atoms with van der Waals surface area (Å²) in [5.41, 5.74) is 0.803. The van der Waals surface area contributed by atoms with Gasteiger partial charge < -0.3 is 4.42 Å². The Balaban J connectivity index is 1.65. The van der Waals surface area contributed by atoms with Gasteiger partial charge in [-0.3, -0.25) is 4.79 Å². The first-order chi connectivity index (χ1) is 10.3. The molecule has 1 heterocycles. The highest BCUT2D eigenvalue weighted by molar-refractivity contribution is 5.97. The van der Waals surface area contributed by atoms with E-state index < -0.39 is 0 Å². The standard InChI is InChI=1S/C19H26O2/c1-2-3-4-5-6-7-8-9-13-17(20)19-15-16-12-10-11-14-18(16)21-19/h10-12,14-15H,2-9,13H2,1H3. The van der Waals surface area contributed by atoms with Gasteiger partial charge in [-0.15, -0.1) is 0 Å². The Labute approximate surface area is 127 Å². The second-order valence-corrected chi connectivity index (χ2v) is 5.80. The summed E-state index contributed by atoms with van der Waals surface area (Å²) in [6, 6.07) is 9.64. The highest BCUT2D eigenvalue weighted by atomic mass is 16.3. The van der Waals surface area contributed by atoms with E-state index in [9.17, 15) is 4.79 Å². The molecule has 0 aliphatic carbocycles. The van der Waals surface area contributed by atoms with Crippen molar-refractivity contribution in [1.29, 1.82) is 0 Å². The third-order valence-electron chi connectivity index (χ3n) is 3.96. The zero-order valence-corrected chi connectivity index (χ0v) is 13.1. The Morgan fingerprint density at radius 2 is 1.62 bits per heavy atom. The predicted molar refractivity (Wildman–Crippen MR) is 87.8 cm³/mol. The average Bonchev–Trinajstić information content (AvgIpc) is 2.94. The maximum Gasteiger partial charge on any atom is 0.198 e. The molecule has 0 spiro atoms. The van der Waals surface area contributed by atoms with Gasteiger partial charge in [0.25, 0.3) is 0 Å². The van der Waals surface area contributed by atoms with Crippen molar-refractivity contribution < 1.29 is 9.21 Å². The zero-order valence-electron chi connectivity index (χ0n) is 13.1. The van der Waals surface area contributed by atoms with E-state index in [0.29, 0.717) is 12.2 Å². The lowest BCUT2D eigenvalue weighted by Crippen LogP contribution is -1.96. The minimum absolute atomic E-state index is 0.136. The van der Waals surface area contributed by atoms with Crippen molar-refractivity contribution in [2.75, 3.05) is 0 Å². The molecule has 0 saturated carbocycles. The number of Topliss-reactive ketones (excluding diaryl/α,β-unsaturated/α-hetero) is 1. The molecule has 0 saturated heterocycles. The van der Waals surface area contributed by atoms with E-state index in [1.54, 1.807) is 0 Å². The lowest BCUT2D eigenvalue weighted by Gasteiger charge is -2.00. The number of para-hydroxylation sites is 1. The molecule has 0 N–H and O–H groups in total. The Bertz CT molecular complexity index is 520. The molecule has 2 aromatic rings. The van der Waals surface area contributed by atoms with Gasteiger partial charge in [-0.05, 0) is 18.6 Å². The summed E-state index contributed by atoms with van der Waals surface area (Å²) in [5.74, 6) is 0.649. The summed E-state index contributed by atoms with van der Waals surface area (Å²) in [6.07, 6.45) is 10.6. The van der Waals surface area contributed by atoms with Crippen molar-refractivity contribution in [3.8, 4) is 0 Å². The van der Waals surface area contributed by atoms with Crippen LogP contribution in [0.4, 0.5) is 0 Å². The number of hydrogen-bond acceptors (Lipinski definition) is 2. The van der Waals surface area contributed by atoms with Crippen molar-refractivity contribution in [3.05, 3.63) is 36.1 Å². The number of hydrogen-bond donors (Lipinski definition) is 0. The SMILES string of the molecule is CCCCCCCCCCC(=O)c1cc2ccccc2o1. The fourth-order valence-electron chi connectivity index (χ4n) is 2.66. The molecule has 0 aliphatic heterocycles. The molecule has 0 amide bonds. The van der Waals surface area contributed by atoms with Crippen molar-refractivity contribution in [3.63, 3.8) is 0 Å². The smallest absolute Gasteiger partial charge is 0.198 e. The van der Waals surface area contributed by atoms with E-state index in [0.717, 1.165) is 23.8 Å². The summed E-state index contributed by atoms with van der Waals surface area (Å²) < 4.78 is 5.60. The van der Waals surface area contributed by atoms with Crippen LogP contribution in [0.25, 0.3) is 11.0 Å². The molecule has 0 unspecified atom stereocenters. The number of ketones is 1. The van der Waals surface area contributed by atoms with Gasteiger partial charge in [0.05, 0.1) is 0 Å². The van der Waals surface area contributed by atoms with Crippen LogP contribution in [0.15, 0.2) is 34.7 Å². The van der Waals surface area contributed by atoms with Crippen LogP contribution in [0, 0.1) is 0 Å². The van der Waals surface area contributed by atoms with E-state index >= 15 is 0 Å². The third-order valence-corrected chi connectivity index (χ3v) is 3.96. The number of carbonyl (C=O) groups is 1. The summed E-state index contributed by atoms with van der Waals surface area (Å²) >= 11 is 0. The first-order valence-corrected chi connectivity index (χ1v) is 8.33. The van der Waals surface area contributed by atoms with Crippen LogP contribution in [0.1, 0.15) is 75.3 Å². The van der Waals surface area contributed by atoms with Crippen LogP contribution in [0.5, 0.6) is 0 Å². The summed E-state index contributed by atoms with van der Waals surface area (Å²) in [4.78, 5) is 12.1. The summed E-state index contributed by atoms with van der Waals surface area (Å²) in [6.45, 7) is 2.24. The second-order valence-electron chi connectivity index (χ2n) is 5.80. The quantitative estimate of drug-likeness (QED) is 0.387. The fraction of sp³-hybridized carbons (Fsp3) is 0.526. The van der Waals surface area contributed by atoms with Crippen molar-refractivity contribution in [1.82, 2.24) is 0 Å². The number of furan rings is 1. The van der Waals surface area contributed by atoms with E-state index in [1.807, 2.05) is 30.3 Å². The van der Waals surface area contributed by atoms with Crippen LogP contribution in [-0.2, 0) is 0 Å². The van der Waals surface area contributed by atoms with Gasteiger partial charge >= 0.3 is 0 Å². The average molecular weight is 286 g/mol. The van der Waals surface area contributed by atoms with Crippen LogP contribution in [0.3, 0.4) is 0 Å². The second kappa shape index (κ2) is 8.66. The van der Waals surface area contributed by atoms with Gasteiger partial charge in [0, 0.05) is 11.8 Å². The van der Waals surface area contributed by atoms with Gasteiger partial charge in [-0.2, -0.15) is 0 Å². The number of fused-ring (bicyclic) bond motifs is 1.